The average molecular weight is 300 g/mol. The van der Waals surface area contributed by atoms with Crippen molar-refractivity contribution < 1.29 is 9.84 Å². The highest BCUT2D eigenvalue weighted by molar-refractivity contribution is 9.10. The van der Waals surface area contributed by atoms with Crippen molar-refractivity contribution in [1.29, 1.82) is 0 Å². The summed E-state index contributed by atoms with van der Waals surface area (Å²) in [5.74, 6) is 1.20. The molecule has 2 aromatic carbocycles. The van der Waals surface area contributed by atoms with E-state index in [4.69, 9.17) is 16.3 Å². The third-order valence-corrected chi connectivity index (χ3v) is 3.11. The summed E-state index contributed by atoms with van der Waals surface area (Å²) in [5, 5.41) is 10.0. The molecular formula is C12H8BrClO2. The summed E-state index contributed by atoms with van der Waals surface area (Å²) in [7, 11) is 0. The summed E-state index contributed by atoms with van der Waals surface area (Å²) in [4.78, 5) is 0. The van der Waals surface area contributed by atoms with Crippen LogP contribution in [-0.4, -0.2) is 5.11 Å². The van der Waals surface area contributed by atoms with E-state index < -0.39 is 0 Å². The minimum atomic E-state index is 0.129. The lowest BCUT2D eigenvalue weighted by atomic mass is 10.3. The van der Waals surface area contributed by atoms with Gasteiger partial charge in [0.25, 0.3) is 0 Å². The van der Waals surface area contributed by atoms with Gasteiger partial charge in [0.1, 0.15) is 21.7 Å². The van der Waals surface area contributed by atoms with Crippen LogP contribution in [0.25, 0.3) is 0 Å². The second-order valence-corrected chi connectivity index (χ2v) is 4.32. The lowest BCUT2D eigenvalue weighted by molar-refractivity contribution is 0.449. The molecular weight excluding hydrogens is 291 g/mol. The van der Waals surface area contributed by atoms with Gasteiger partial charge in [-0.2, -0.15) is 0 Å². The van der Waals surface area contributed by atoms with Crippen LogP contribution in [-0.2, 0) is 0 Å². The maximum absolute atomic E-state index is 9.49. The van der Waals surface area contributed by atoms with Gasteiger partial charge in [-0.15, -0.1) is 0 Å². The van der Waals surface area contributed by atoms with Crippen LogP contribution in [0.1, 0.15) is 0 Å². The Kier molecular flexibility index (Phi) is 3.36. The second-order valence-electron chi connectivity index (χ2n) is 3.12. The fraction of sp³-hybridized carbons (Fsp3) is 0. The van der Waals surface area contributed by atoms with Crippen LogP contribution in [0.5, 0.6) is 17.2 Å². The van der Waals surface area contributed by atoms with E-state index in [1.54, 1.807) is 30.3 Å². The first kappa shape index (κ1) is 11.3. The molecule has 4 heteroatoms. The van der Waals surface area contributed by atoms with Crippen LogP contribution in [0.15, 0.2) is 46.9 Å². The summed E-state index contributed by atoms with van der Waals surface area (Å²) in [6.45, 7) is 0. The molecule has 2 rings (SSSR count). The maximum Gasteiger partial charge on any atom is 0.146 e. The van der Waals surface area contributed by atoms with E-state index in [1.807, 2.05) is 12.1 Å². The summed E-state index contributed by atoms with van der Waals surface area (Å²) < 4.78 is 6.09. The van der Waals surface area contributed by atoms with Crippen molar-refractivity contribution in [3.05, 3.63) is 52.0 Å². The Morgan fingerprint density at radius 2 is 1.69 bits per heavy atom. The fourth-order valence-electron chi connectivity index (χ4n) is 1.22. The average Bonchev–Trinajstić information content (AvgIpc) is 2.28. The largest absolute Gasteiger partial charge is 0.507 e. The molecule has 0 heterocycles. The fourth-order valence-corrected chi connectivity index (χ4v) is 1.74. The molecule has 2 nitrogen and oxygen atoms in total. The van der Waals surface area contributed by atoms with Gasteiger partial charge in [0, 0.05) is 0 Å². The lowest BCUT2D eigenvalue weighted by Gasteiger charge is -2.09. The zero-order valence-corrected chi connectivity index (χ0v) is 10.5. The van der Waals surface area contributed by atoms with Gasteiger partial charge in [0.2, 0.25) is 0 Å². The van der Waals surface area contributed by atoms with Crippen LogP contribution >= 0.6 is 27.5 Å². The highest BCUT2D eigenvalue weighted by Crippen LogP contribution is 2.37. The van der Waals surface area contributed by atoms with Gasteiger partial charge in [-0.3, -0.25) is 0 Å². The molecule has 0 aliphatic carbocycles. The van der Waals surface area contributed by atoms with E-state index in [0.29, 0.717) is 21.0 Å². The number of phenols is 1. The molecule has 0 aromatic heterocycles. The summed E-state index contributed by atoms with van der Waals surface area (Å²) in [5.41, 5.74) is 0. The molecule has 0 atom stereocenters. The van der Waals surface area contributed by atoms with Crippen molar-refractivity contribution in [3.8, 4) is 17.2 Å². The SMILES string of the molecule is Oc1cccc(Oc2ccccc2Cl)c1Br. The molecule has 2 aromatic rings. The Morgan fingerprint density at radius 3 is 2.44 bits per heavy atom. The van der Waals surface area contributed by atoms with E-state index in [9.17, 15) is 5.11 Å². The Bertz CT molecular complexity index is 514. The lowest BCUT2D eigenvalue weighted by Crippen LogP contribution is -1.86. The van der Waals surface area contributed by atoms with E-state index in [2.05, 4.69) is 15.9 Å². The number of aromatic hydroxyl groups is 1. The highest BCUT2D eigenvalue weighted by atomic mass is 79.9. The summed E-state index contributed by atoms with van der Waals surface area (Å²) >= 11 is 9.21. The molecule has 1 N–H and O–H groups in total. The molecule has 0 radical (unpaired) electrons. The predicted octanol–water partition coefficient (Wildman–Crippen LogP) is 4.60. The van der Waals surface area contributed by atoms with Gasteiger partial charge in [-0.05, 0) is 40.2 Å². The van der Waals surface area contributed by atoms with Crippen molar-refractivity contribution >= 4 is 27.5 Å². The third kappa shape index (κ3) is 2.31. The number of ether oxygens (including phenoxy) is 1. The quantitative estimate of drug-likeness (QED) is 0.878. The highest BCUT2D eigenvalue weighted by Gasteiger charge is 2.08. The van der Waals surface area contributed by atoms with Gasteiger partial charge in [0.15, 0.2) is 0 Å². The Hall–Kier alpha value is -1.19. The summed E-state index contributed by atoms with van der Waals surface area (Å²) in [6, 6.07) is 12.2. The third-order valence-electron chi connectivity index (χ3n) is 2.00. The predicted molar refractivity (Wildman–Crippen MR) is 67.3 cm³/mol. The first-order valence-electron chi connectivity index (χ1n) is 4.58. The standard InChI is InChI=1S/C12H8BrClO2/c13-12-9(15)5-3-7-11(12)16-10-6-2-1-4-8(10)14/h1-7,15H. The number of para-hydroxylation sites is 1. The zero-order valence-electron chi connectivity index (χ0n) is 8.15. The van der Waals surface area contributed by atoms with E-state index in [-0.39, 0.29) is 5.75 Å². The molecule has 0 spiro atoms. The molecule has 82 valence electrons. The Labute approximate surface area is 107 Å². The van der Waals surface area contributed by atoms with E-state index in [1.165, 1.54) is 0 Å². The molecule has 16 heavy (non-hydrogen) atoms. The Balaban J connectivity index is 2.35. The van der Waals surface area contributed by atoms with Gasteiger partial charge >= 0.3 is 0 Å². The van der Waals surface area contributed by atoms with Gasteiger partial charge in [-0.25, -0.2) is 0 Å². The number of rotatable bonds is 2. The number of benzene rings is 2. The van der Waals surface area contributed by atoms with Gasteiger partial charge in [0.05, 0.1) is 5.02 Å². The zero-order chi connectivity index (χ0) is 11.5. The topological polar surface area (TPSA) is 29.5 Å². The van der Waals surface area contributed by atoms with Crippen molar-refractivity contribution in [2.45, 2.75) is 0 Å². The van der Waals surface area contributed by atoms with Crippen molar-refractivity contribution in [3.63, 3.8) is 0 Å². The number of hydrogen-bond donors (Lipinski definition) is 1. The smallest absolute Gasteiger partial charge is 0.146 e. The minimum absolute atomic E-state index is 0.129. The molecule has 0 aliphatic heterocycles. The van der Waals surface area contributed by atoms with Crippen LogP contribution < -0.4 is 4.74 Å². The maximum atomic E-state index is 9.49. The van der Waals surface area contributed by atoms with E-state index in [0.717, 1.165) is 0 Å². The van der Waals surface area contributed by atoms with Gasteiger partial charge < -0.3 is 9.84 Å². The monoisotopic (exact) mass is 298 g/mol. The molecule has 0 saturated carbocycles. The van der Waals surface area contributed by atoms with Crippen molar-refractivity contribution in [2.24, 2.45) is 0 Å². The van der Waals surface area contributed by atoms with Crippen molar-refractivity contribution in [1.82, 2.24) is 0 Å². The molecule has 0 fully saturated rings. The number of phenolic OH excluding ortho intramolecular Hbond substituents is 1. The second kappa shape index (κ2) is 4.76. The van der Waals surface area contributed by atoms with Crippen LogP contribution in [0, 0.1) is 0 Å². The minimum Gasteiger partial charge on any atom is -0.507 e. The Morgan fingerprint density at radius 1 is 1.00 bits per heavy atom. The van der Waals surface area contributed by atoms with Gasteiger partial charge in [-0.1, -0.05) is 29.8 Å². The van der Waals surface area contributed by atoms with Crippen LogP contribution in [0.4, 0.5) is 0 Å². The molecule has 0 unspecified atom stereocenters. The van der Waals surface area contributed by atoms with Crippen LogP contribution in [0.3, 0.4) is 0 Å². The normalized spacial score (nSPS) is 10.1. The van der Waals surface area contributed by atoms with Crippen molar-refractivity contribution in [2.75, 3.05) is 0 Å². The summed E-state index contributed by atoms with van der Waals surface area (Å²) in [6.07, 6.45) is 0. The molecule has 0 amide bonds. The molecule has 0 bridgehead atoms. The first-order chi connectivity index (χ1) is 7.68. The molecule has 0 saturated heterocycles. The number of hydrogen-bond acceptors (Lipinski definition) is 2. The molecule has 0 aliphatic rings. The van der Waals surface area contributed by atoms with Crippen LogP contribution in [0.2, 0.25) is 5.02 Å². The first-order valence-corrected chi connectivity index (χ1v) is 5.75. The van der Waals surface area contributed by atoms with E-state index >= 15 is 0 Å². The number of halogens is 2.